The van der Waals surface area contributed by atoms with Crippen molar-refractivity contribution in [2.24, 2.45) is 5.92 Å². The van der Waals surface area contributed by atoms with Gasteiger partial charge in [-0.15, -0.1) is 12.4 Å². The maximum atomic E-state index is 11.5. The Balaban J connectivity index is 0.00000200. The lowest BCUT2D eigenvalue weighted by Gasteiger charge is -2.10. The Morgan fingerprint density at radius 1 is 1.35 bits per heavy atom. The minimum absolute atomic E-state index is 0. The van der Waals surface area contributed by atoms with E-state index in [4.69, 9.17) is 4.74 Å². The molecule has 4 nitrogen and oxygen atoms in total. The Labute approximate surface area is 126 Å². The van der Waals surface area contributed by atoms with Crippen molar-refractivity contribution in [2.45, 2.75) is 19.8 Å². The Kier molecular flexibility index (Phi) is 7.41. The molecular formula is C15H23ClN2O2. The normalized spacial score (nSPS) is 13.4. The van der Waals surface area contributed by atoms with Crippen LogP contribution in [0.1, 0.15) is 18.4 Å². The molecule has 0 unspecified atom stereocenters. The van der Waals surface area contributed by atoms with Gasteiger partial charge in [-0.3, -0.25) is 4.79 Å². The monoisotopic (exact) mass is 298 g/mol. The van der Waals surface area contributed by atoms with Crippen molar-refractivity contribution in [3.05, 3.63) is 29.8 Å². The summed E-state index contributed by atoms with van der Waals surface area (Å²) in [6, 6.07) is 7.88. The van der Waals surface area contributed by atoms with Crippen LogP contribution >= 0.6 is 12.4 Å². The number of benzene rings is 1. The molecule has 0 spiro atoms. The van der Waals surface area contributed by atoms with Crippen molar-refractivity contribution in [1.82, 2.24) is 10.6 Å². The van der Waals surface area contributed by atoms with Crippen LogP contribution in [0.25, 0.3) is 0 Å². The predicted octanol–water partition coefficient (Wildman–Crippen LogP) is 1.91. The number of para-hydroxylation sites is 1. The molecule has 1 saturated carbocycles. The van der Waals surface area contributed by atoms with E-state index < -0.39 is 0 Å². The van der Waals surface area contributed by atoms with Crippen LogP contribution in [0.15, 0.2) is 24.3 Å². The van der Waals surface area contributed by atoms with E-state index in [2.05, 4.69) is 10.6 Å². The molecule has 0 saturated heterocycles. The van der Waals surface area contributed by atoms with Gasteiger partial charge >= 0.3 is 0 Å². The number of aryl methyl sites for hydroxylation is 1. The topological polar surface area (TPSA) is 50.4 Å². The number of carbonyl (C=O) groups excluding carboxylic acids is 1. The number of amides is 1. The van der Waals surface area contributed by atoms with E-state index in [9.17, 15) is 4.79 Å². The molecule has 1 aromatic carbocycles. The van der Waals surface area contributed by atoms with Crippen molar-refractivity contribution in [3.63, 3.8) is 0 Å². The molecule has 2 N–H and O–H groups in total. The van der Waals surface area contributed by atoms with E-state index in [0.29, 0.717) is 19.7 Å². The highest BCUT2D eigenvalue weighted by atomic mass is 35.5. The number of hydrogen-bond acceptors (Lipinski definition) is 3. The molecule has 1 aliphatic carbocycles. The molecule has 2 rings (SSSR count). The largest absolute Gasteiger partial charge is 0.491 e. The molecule has 0 bridgehead atoms. The van der Waals surface area contributed by atoms with Gasteiger partial charge in [0.15, 0.2) is 0 Å². The quantitative estimate of drug-likeness (QED) is 0.721. The summed E-state index contributed by atoms with van der Waals surface area (Å²) < 4.78 is 5.60. The fourth-order valence-electron chi connectivity index (χ4n) is 1.84. The first-order valence-corrected chi connectivity index (χ1v) is 6.91. The summed E-state index contributed by atoms with van der Waals surface area (Å²) in [5, 5.41) is 6.00. The minimum atomic E-state index is 0. The first-order chi connectivity index (χ1) is 9.25. The van der Waals surface area contributed by atoms with Gasteiger partial charge in [-0.1, -0.05) is 18.2 Å². The van der Waals surface area contributed by atoms with Crippen LogP contribution in [0.5, 0.6) is 5.75 Å². The number of ether oxygens (including phenoxy) is 1. The molecule has 0 atom stereocenters. The highest BCUT2D eigenvalue weighted by Crippen LogP contribution is 2.27. The second kappa shape index (κ2) is 8.82. The zero-order valence-electron chi connectivity index (χ0n) is 11.9. The van der Waals surface area contributed by atoms with E-state index >= 15 is 0 Å². The van der Waals surface area contributed by atoms with Crippen LogP contribution in [0.2, 0.25) is 0 Å². The molecule has 0 aromatic heterocycles. The smallest absolute Gasteiger partial charge is 0.234 e. The van der Waals surface area contributed by atoms with Gasteiger partial charge in [0.05, 0.1) is 13.1 Å². The van der Waals surface area contributed by atoms with Crippen LogP contribution in [0.4, 0.5) is 0 Å². The van der Waals surface area contributed by atoms with Crippen LogP contribution < -0.4 is 15.4 Å². The maximum absolute atomic E-state index is 11.5. The predicted molar refractivity (Wildman–Crippen MR) is 82.5 cm³/mol. The molecule has 1 fully saturated rings. The Hall–Kier alpha value is -1.26. The van der Waals surface area contributed by atoms with Crippen LogP contribution in [-0.2, 0) is 4.79 Å². The third-order valence-electron chi connectivity index (χ3n) is 3.19. The van der Waals surface area contributed by atoms with Gasteiger partial charge < -0.3 is 15.4 Å². The van der Waals surface area contributed by atoms with Gasteiger partial charge in [0.1, 0.15) is 12.4 Å². The van der Waals surface area contributed by atoms with Crippen LogP contribution in [0, 0.1) is 12.8 Å². The summed E-state index contributed by atoms with van der Waals surface area (Å²) in [5.74, 6) is 1.72. The van der Waals surface area contributed by atoms with Gasteiger partial charge in [0, 0.05) is 0 Å². The number of halogens is 1. The van der Waals surface area contributed by atoms with Gasteiger partial charge in [-0.05, 0) is 43.9 Å². The third-order valence-corrected chi connectivity index (χ3v) is 3.19. The molecule has 112 valence electrons. The van der Waals surface area contributed by atoms with Crippen molar-refractivity contribution in [3.8, 4) is 5.75 Å². The molecule has 20 heavy (non-hydrogen) atoms. The van der Waals surface area contributed by atoms with E-state index in [-0.39, 0.29) is 18.3 Å². The summed E-state index contributed by atoms with van der Waals surface area (Å²) >= 11 is 0. The van der Waals surface area contributed by atoms with Crippen molar-refractivity contribution in [1.29, 1.82) is 0 Å². The second-order valence-electron chi connectivity index (χ2n) is 5.04. The number of rotatable bonds is 8. The third kappa shape index (κ3) is 6.26. The van der Waals surface area contributed by atoms with E-state index in [1.54, 1.807) is 0 Å². The molecule has 0 radical (unpaired) electrons. The average Bonchev–Trinajstić information content (AvgIpc) is 3.21. The maximum Gasteiger partial charge on any atom is 0.234 e. The summed E-state index contributed by atoms with van der Waals surface area (Å²) in [6.07, 6.45) is 2.61. The zero-order valence-corrected chi connectivity index (χ0v) is 12.7. The van der Waals surface area contributed by atoms with Crippen molar-refractivity contribution < 1.29 is 9.53 Å². The van der Waals surface area contributed by atoms with Gasteiger partial charge in [-0.25, -0.2) is 0 Å². The van der Waals surface area contributed by atoms with Gasteiger partial charge in [0.2, 0.25) is 5.91 Å². The fourth-order valence-corrected chi connectivity index (χ4v) is 1.84. The van der Waals surface area contributed by atoms with E-state index in [0.717, 1.165) is 23.8 Å². The van der Waals surface area contributed by atoms with E-state index in [1.165, 1.54) is 12.8 Å². The molecule has 0 aliphatic heterocycles. The summed E-state index contributed by atoms with van der Waals surface area (Å²) in [4.78, 5) is 11.5. The lowest BCUT2D eigenvalue weighted by atomic mass is 10.2. The Bertz CT molecular complexity index is 422. The number of nitrogens with one attached hydrogen (secondary N) is 2. The first kappa shape index (κ1) is 16.8. The average molecular weight is 299 g/mol. The first-order valence-electron chi connectivity index (χ1n) is 6.91. The van der Waals surface area contributed by atoms with Crippen molar-refractivity contribution >= 4 is 18.3 Å². The summed E-state index contributed by atoms with van der Waals surface area (Å²) in [6.45, 7) is 4.42. The second-order valence-corrected chi connectivity index (χ2v) is 5.04. The molecule has 1 aliphatic rings. The SMILES string of the molecule is Cc1ccccc1OCCNC(=O)CNCC1CC1.Cl. The number of carbonyl (C=O) groups is 1. The Morgan fingerprint density at radius 2 is 2.10 bits per heavy atom. The highest BCUT2D eigenvalue weighted by Gasteiger charge is 2.20. The highest BCUT2D eigenvalue weighted by molar-refractivity contribution is 5.85. The molecule has 1 amide bonds. The summed E-state index contributed by atoms with van der Waals surface area (Å²) in [7, 11) is 0. The number of hydrogen-bond donors (Lipinski definition) is 2. The van der Waals surface area contributed by atoms with Gasteiger partial charge in [0.25, 0.3) is 0 Å². The molecule has 1 aromatic rings. The Morgan fingerprint density at radius 3 is 2.80 bits per heavy atom. The lowest BCUT2D eigenvalue weighted by molar-refractivity contribution is -0.120. The summed E-state index contributed by atoms with van der Waals surface area (Å²) in [5.41, 5.74) is 1.11. The fraction of sp³-hybridized carbons (Fsp3) is 0.533. The lowest BCUT2D eigenvalue weighted by Crippen LogP contribution is -2.36. The van der Waals surface area contributed by atoms with Crippen molar-refractivity contribution in [2.75, 3.05) is 26.2 Å². The van der Waals surface area contributed by atoms with E-state index in [1.807, 2.05) is 31.2 Å². The zero-order chi connectivity index (χ0) is 13.5. The standard InChI is InChI=1S/C15H22N2O2.ClH/c1-12-4-2-3-5-14(12)19-9-8-17-15(18)11-16-10-13-6-7-13;/h2-5,13,16H,6-11H2,1H3,(H,17,18);1H. The van der Waals surface area contributed by atoms with Crippen LogP contribution in [-0.4, -0.2) is 32.1 Å². The molecule has 5 heteroatoms. The minimum Gasteiger partial charge on any atom is -0.491 e. The van der Waals surface area contributed by atoms with Gasteiger partial charge in [-0.2, -0.15) is 0 Å². The molecular weight excluding hydrogens is 276 g/mol. The van der Waals surface area contributed by atoms with Crippen LogP contribution in [0.3, 0.4) is 0 Å². The molecule has 0 heterocycles.